The van der Waals surface area contributed by atoms with Gasteiger partial charge in [0.05, 0.1) is 4.92 Å². The van der Waals surface area contributed by atoms with E-state index in [4.69, 9.17) is 0 Å². The van der Waals surface area contributed by atoms with Crippen molar-refractivity contribution in [2.75, 3.05) is 17.2 Å². The second kappa shape index (κ2) is 5.40. The number of rotatable bonds is 3. The molecule has 1 aliphatic rings. The Morgan fingerprint density at radius 1 is 1.38 bits per heavy atom. The quantitative estimate of drug-likeness (QED) is 0.667. The summed E-state index contributed by atoms with van der Waals surface area (Å²) in [5.74, 6) is 0.281. The molecule has 6 nitrogen and oxygen atoms in total. The molecule has 2 heterocycles. The van der Waals surface area contributed by atoms with Crippen molar-refractivity contribution < 1.29 is 4.92 Å². The number of anilines is 3. The maximum atomic E-state index is 11.2. The number of pyridine rings is 1. The molecule has 0 bridgehead atoms. The summed E-state index contributed by atoms with van der Waals surface area (Å²) in [7, 11) is 0. The van der Waals surface area contributed by atoms with Gasteiger partial charge in [-0.3, -0.25) is 10.1 Å². The number of fused-ring (bicyclic) bond motifs is 1. The number of nitrogens with zero attached hydrogens (tertiary/aromatic N) is 2. The van der Waals surface area contributed by atoms with E-state index in [0.717, 1.165) is 30.8 Å². The first-order valence-corrected chi connectivity index (χ1v) is 6.89. The molecule has 0 radical (unpaired) electrons. The lowest BCUT2D eigenvalue weighted by molar-refractivity contribution is -0.384. The van der Waals surface area contributed by atoms with Crippen molar-refractivity contribution in [1.82, 2.24) is 4.98 Å². The molecule has 0 atom stereocenters. The molecular formula is C15H16N4O2. The fraction of sp³-hybridized carbons (Fsp3) is 0.267. The van der Waals surface area contributed by atoms with Crippen LogP contribution in [0.1, 0.15) is 17.5 Å². The molecule has 21 heavy (non-hydrogen) atoms. The summed E-state index contributed by atoms with van der Waals surface area (Å²) in [6, 6.07) is 7.57. The molecule has 108 valence electrons. The van der Waals surface area contributed by atoms with E-state index in [2.05, 4.69) is 15.6 Å². The highest BCUT2D eigenvalue weighted by molar-refractivity contribution is 5.70. The van der Waals surface area contributed by atoms with Crippen molar-refractivity contribution in [3.8, 4) is 0 Å². The van der Waals surface area contributed by atoms with Crippen LogP contribution < -0.4 is 10.6 Å². The number of nitrogens with one attached hydrogen (secondary N) is 2. The van der Waals surface area contributed by atoms with E-state index in [1.807, 2.05) is 18.2 Å². The van der Waals surface area contributed by atoms with Crippen LogP contribution in [0.2, 0.25) is 0 Å². The Bertz CT molecular complexity index is 700. The van der Waals surface area contributed by atoms with Crippen LogP contribution in [0.5, 0.6) is 0 Å². The van der Waals surface area contributed by atoms with E-state index in [9.17, 15) is 10.1 Å². The molecule has 2 N–H and O–H groups in total. The lowest BCUT2D eigenvalue weighted by Gasteiger charge is -2.19. The molecule has 0 fully saturated rings. The molecule has 6 heteroatoms. The zero-order valence-corrected chi connectivity index (χ0v) is 11.7. The van der Waals surface area contributed by atoms with Crippen LogP contribution >= 0.6 is 0 Å². The highest BCUT2D eigenvalue weighted by Gasteiger charge is 2.19. The third kappa shape index (κ3) is 2.65. The van der Waals surface area contributed by atoms with Gasteiger partial charge in [-0.15, -0.1) is 0 Å². The lowest BCUT2D eigenvalue weighted by atomic mass is 10.0. The molecular weight excluding hydrogens is 268 g/mol. The van der Waals surface area contributed by atoms with Crippen LogP contribution in [0.15, 0.2) is 30.5 Å². The van der Waals surface area contributed by atoms with E-state index in [0.29, 0.717) is 5.56 Å². The minimum Gasteiger partial charge on any atom is -0.385 e. The fourth-order valence-electron chi connectivity index (χ4n) is 2.56. The molecule has 2 aromatic rings. The molecule has 1 aromatic carbocycles. The summed E-state index contributed by atoms with van der Waals surface area (Å²) in [5.41, 5.74) is 3.80. The van der Waals surface area contributed by atoms with E-state index < -0.39 is 4.92 Å². The fourth-order valence-corrected chi connectivity index (χ4v) is 2.56. The maximum absolute atomic E-state index is 11.2. The van der Waals surface area contributed by atoms with Gasteiger partial charge in [0.15, 0.2) is 0 Å². The van der Waals surface area contributed by atoms with Crippen LogP contribution in [-0.2, 0) is 6.42 Å². The molecule has 0 saturated heterocycles. The molecule has 3 rings (SSSR count). The number of aryl methyl sites for hydroxylation is 2. The normalized spacial score (nSPS) is 13.2. The van der Waals surface area contributed by atoms with Gasteiger partial charge in [-0.2, -0.15) is 0 Å². The summed E-state index contributed by atoms with van der Waals surface area (Å²) in [5, 5.41) is 17.6. The number of nitro groups is 1. The molecule has 1 aliphatic heterocycles. The first-order valence-electron chi connectivity index (χ1n) is 6.89. The van der Waals surface area contributed by atoms with Gasteiger partial charge in [0, 0.05) is 29.7 Å². The van der Waals surface area contributed by atoms with Crippen molar-refractivity contribution in [2.45, 2.75) is 19.8 Å². The predicted molar refractivity (Wildman–Crippen MR) is 82.2 cm³/mol. The van der Waals surface area contributed by atoms with Crippen LogP contribution in [0.25, 0.3) is 0 Å². The summed E-state index contributed by atoms with van der Waals surface area (Å²) in [6.07, 6.45) is 3.69. The summed E-state index contributed by atoms with van der Waals surface area (Å²) < 4.78 is 0. The zero-order chi connectivity index (χ0) is 14.8. The van der Waals surface area contributed by atoms with Crippen LogP contribution in [0.4, 0.5) is 22.9 Å². The lowest BCUT2D eigenvalue weighted by Crippen LogP contribution is -2.11. The van der Waals surface area contributed by atoms with Crippen LogP contribution in [0, 0.1) is 17.0 Å². The van der Waals surface area contributed by atoms with Gasteiger partial charge in [-0.1, -0.05) is 0 Å². The van der Waals surface area contributed by atoms with Gasteiger partial charge in [0.25, 0.3) is 0 Å². The van der Waals surface area contributed by atoms with Crippen LogP contribution in [-0.4, -0.2) is 16.5 Å². The van der Waals surface area contributed by atoms with Gasteiger partial charge in [0.1, 0.15) is 0 Å². The second-order valence-corrected chi connectivity index (χ2v) is 5.11. The zero-order valence-electron chi connectivity index (χ0n) is 11.7. The van der Waals surface area contributed by atoms with E-state index in [1.165, 1.54) is 5.56 Å². The van der Waals surface area contributed by atoms with Crippen molar-refractivity contribution in [3.63, 3.8) is 0 Å². The average Bonchev–Trinajstić information content (AvgIpc) is 2.47. The van der Waals surface area contributed by atoms with Crippen molar-refractivity contribution in [3.05, 3.63) is 51.7 Å². The van der Waals surface area contributed by atoms with Crippen LogP contribution in [0.3, 0.4) is 0 Å². The molecule has 0 unspecified atom stereocenters. The Labute approximate surface area is 122 Å². The van der Waals surface area contributed by atoms with Crippen molar-refractivity contribution in [2.24, 2.45) is 0 Å². The first kappa shape index (κ1) is 13.4. The Morgan fingerprint density at radius 2 is 2.24 bits per heavy atom. The average molecular weight is 284 g/mol. The van der Waals surface area contributed by atoms with E-state index >= 15 is 0 Å². The highest BCUT2D eigenvalue weighted by atomic mass is 16.6. The molecule has 1 aromatic heterocycles. The Hall–Kier alpha value is -2.63. The van der Waals surface area contributed by atoms with Gasteiger partial charge in [-0.05, 0) is 49.6 Å². The van der Waals surface area contributed by atoms with Gasteiger partial charge in [-0.25, -0.2) is 4.98 Å². The maximum Gasteiger partial charge on any atom is 0.314 e. The number of benzene rings is 1. The third-order valence-electron chi connectivity index (χ3n) is 3.61. The van der Waals surface area contributed by atoms with Crippen molar-refractivity contribution in [1.29, 1.82) is 0 Å². The minimum absolute atomic E-state index is 0.0216. The standard InChI is InChI=1S/C15H16N4O2/c1-10-6-8-17-15(14(10)19(20)21)18-12-4-5-13-11(9-12)3-2-7-16-13/h4-6,8-9,16H,2-3,7H2,1H3,(H,17,18). The molecule has 0 aliphatic carbocycles. The number of aromatic nitrogens is 1. The second-order valence-electron chi connectivity index (χ2n) is 5.11. The summed E-state index contributed by atoms with van der Waals surface area (Å²) >= 11 is 0. The largest absolute Gasteiger partial charge is 0.385 e. The number of hydrogen-bond donors (Lipinski definition) is 2. The van der Waals surface area contributed by atoms with Gasteiger partial charge < -0.3 is 10.6 Å². The molecule has 0 amide bonds. The molecule has 0 saturated carbocycles. The number of hydrogen-bond acceptors (Lipinski definition) is 5. The SMILES string of the molecule is Cc1ccnc(Nc2ccc3c(c2)CCCN3)c1[N+](=O)[O-]. The van der Waals surface area contributed by atoms with Gasteiger partial charge >= 0.3 is 5.69 Å². The van der Waals surface area contributed by atoms with E-state index in [-0.39, 0.29) is 11.5 Å². The van der Waals surface area contributed by atoms with E-state index in [1.54, 1.807) is 19.2 Å². The van der Waals surface area contributed by atoms with Crippen molar-refractivity contribution >= 4 is 22.9 Å². The Morgan fingerprint density at radius 3 is 3.05 bits per heavy atom. The monoisotopic (exact) mass is 284 g/mol. The van der Waals surface area contributed by atoms with Gasteiger partial charge in [0.2, 0.25) is 5.82 Å². The summed E-state index contributed by atoms with van der Waals surface area (Å²) in [4.78, 5) is 14.9. The first-order chi connectivity index (χ1) is 10.1. The highest BCUT2D eigenvalue weighted by Crippen LogP contribution is 2.31. The smallest absolute Gasteiger partial charge is 0.314 e. The Balaban J connectivity index is 1.94. The molecule has 0 spiro atoms. The Kier molecular flexibility index (Phi) is 3.43. The third-order valence-corrected chi connectivity index (χ3v) is 3.61. The minimum atomic E-state index is -0.398. The summed E-state index contributed by atoms with van der Waals surface area (Å²) in [6.45, 7) is 2.70. The topological polar surface area (TPSA) is 80.1 Å². The predicted octanol–water partition coefficient (Wildman–Crippen LogP) is 3.40.